The summed E-state index contributed by atoms with van der Waals surface area (Å²) >= 11 is 0. The van der Waals surface area contributed by atoms with Crippen molar-refractivity contribution >= 4 is 38.1 Å². The highest BCUT2D eigenvalue weighted by Crippen LogP contribution is 2.45. The van der Waals surface area contributed by atoms with Gasteiger partial charge in [-0.1, -0.05) is 71.5 Å². The second-order valence-electron chi connectivity index (χ2n) is 11.4. The SMILES string of the molecule is COc1c(O)ccc2c1-c1ccc3ccc(O)cc3c1CSSCCCCC(OCNC1CCCCC1)CC(=O)CC2. The molecule has 1 heterocycles. The van der Waals surface area contributed by atoms with E-state index in [4.69, 9.17) is 9.47 Å². The number of Topliss-reactive ketones (excluding diaryl/α,β-unsaturated/α-hetero) is 1. The number of carbonyl (C=O) groups excluding carboxylic acids is 1. The van der Waals surface area contributed by atoms with Crippen molar-refractivity contribution in [1.29, 1.82) is 0 Å². The first kappa shape index (κ1) is 31.0. The van der Waals surface area contributed by atoms with Gasteiger partial charge in [0.1, 0.15) is 11.5 Å². The Morgan fingerprint density at radius 1 is 0.929 bits per heavy atom. The minimum absolute atomic E-state index is 0.0693. The van der Waals surface area contributed by atoms with Crippen LogP contribution in [0.15, 0.2) is 42.5 Å². The van der Waals surface area contributed by atoms with Gasteiger partial charge >= 0.3 is 0 Å². The van der Waals surface area contributed by atoms with Gasteiger partial charge in [0, 0.05) is 36.0 Å². The fourth-order valence-corrected chi connectivity index (χ4v) is 8.50. The molecule has 8 heteroatoms. The number of aromatic hydroxyl groups is 2. The van der Waals surface area contributed by atoms with Gasteiger partial charge in [0.05, 0.1) is 19.9 Å². The van der Waals surface area contributed by atoms with Crippen molar-refractivity contribution in [2.24, 2.45) is 0 Å². The molecule has 6 nitrogen and oxygen atoms in total. The number of nitrogens with one attached hydrogen (secondary N) is 1. The Balaban J connectivity index is 1.42. The maximum atomic E-state index is 13.3. The monoisotopic (exact) mass is 609 g/mol. The molecular formula is C34H43NO5S2. The van der Waals surface area contributed by atoms with Gasteiger partial charge in [0.2, 0.25) is 0 Å². The molecule has 1 fully saturated rings. The van der Waals surface area contributed by atoms with E-state index in [0.29, 0.717) is 37.8 Å². The Morgan fingerprint density at radius 2 is 1.74 bits per heavy atom. The summed E-state index contributed by atoms with van der Waals surface area (Å²) in [6.07, 6.45) is 10.6. The van der Waals surface area contributed by atoms with Crippen molar-refractivity contribution < 1.29 is 24.5 Å². The van der Waals surface area contributed by atoms with Crippen LogP contribution in [0.25, 0.3) is 21.9 Å². The smallest absolute Gasteiger partial charge is 0.168 e. The number of rotatable bonds is 5. The lowest BCUT2D eigenvalue weighted by Gasteiger charge is -2.25. The van der Waals surface area contributed by atoms with Gasteiger partial charge in [-0.3, -0.25) is 10.1 Å². The Bertz CT molecular complexity index is 1360. The number of ether oxygens (including phenoxy) is 2. The van der Waals surface area contributed by atoms with Crippen LogP contribution in [0.5, 0.6) is 17.2 Å². The van der Waals surface area contributed by atoms with Crippen molar-refractivity contribution in [3.05, 3.63) is 53.6 Å². The maximum Gasteiger partial charge on any atom is 0.168 e. The van der Waals surface area contributed by atoms with E-state index in [2.05, 4.69) is 11.4 Å². The quantitative estimate of drug-likeness (QED) is 0.197. The molecule has 3 N–H and O–H groups in total. The Kier molecular flexibility index (Phi) is 11.4. The lowest BCUT2D eigenvalue weighted by molar-refractivity contribution is -0.122. The molecule has 3 aromatic carbocycles. The van der Waals surface area contributed by atoms with Gasteiger partial charge in [-0.25, -0.2) is 0 Å². The molecule has 1 aliphatic carbocycles. The molecule has 0 saturated heterocycles. The number of methoxy groups -OCH3 is 1. The molecule has 0 amide bonds. The van der Waals surface area contributed by atoms with E-state index in [1.54, 1.807) is 19.2 Å². The van der Waals surface area contributed by atoms with E-state index < -0.39 is 0 Å². The summed E-state index contributed by atoms with van der Waals surface area (Å²) in [6.45, 7) is 0.507. The molecule has 0 bridgehead atoms. The Hall–Kier alpha value is -2.39. The van der Waals surface area contributed by atoms with Gasteiger partial charge in [0.25, 0.3) is 0 Å². The number of benzene rings is 3. The fraction of sp³-hybridized carbons (Fsp3) is 0.500. The summed E-state index contributed by atoms with van der Waals surface area (Å²) in [4.78, 5) is 13.3. The van der Waals surface area contributed by atoms with Crippen LogP contribution in [-0.4, -0.2) is 47.7 Å². The van der Waals surface area contributed by atoms with Crippen LogP contribution in [-0.2, 0) is 21.7 Å². The van der Waals surface area contributed by atoms with Crippen molar-refractivity contribution in [2.45, 2.75) is 88.5 Å². The fourth-order valence-electron chi connectivity index (χ4n) is 6.24. The highest BCUT2D eigenvalue weighted by Gasteiger charge is 2.22. The zero-order valence-electron chi connectivity index (χ0n) is 24.5. The molecule has 226 valence electrons. The third-order valence-corrected chi connectivity index (χ3v) is 10.9. The van der Waals surface area contributed by atoms with E-state index in [1.807, 2.05) is 45.9 Å². The largest absolute Gasteiger partial charge is 0.508 e. The molecule has 0 spiro atoms. The molecule has 3 aromatic rings. The summed E-state index contributed by atoms with van der Waals surface area (Å²) in [5, 5.41) is 26.7. The number of carbonyl (C=O) groups is 1. The first-order chi connectivity index (χ1) is 20.5. The van der Waals surface area contributed by atoms with Crippen LogP contribution >= 0.6 is 21.6 Å². The zero-order chi connectivity index (χ0) is 29.3. The molecule has 42 heavy (non-hydrogen) atoms. The van der Waals surface area contributed by atoms with Crippen LogP contribution < -0.4 is 10.1 Å². The van der Waals surface area contributed by atoms with Gasteiger partial charge in [-0.05, 0) is 77.8 Å². The lowest BCUT2D eigenvalue weighted by atomic mass is 9.89. The van der Waals surface area contributed by atoms with E-state index in [-0.39, 0.29) is 23.4 Å². The molecule has 1 unspecified atom stereocenters. The average Bonchev–Trinajstić information content (AvgIpc) is 2.99. The minimum Gasteiger partial charge on any atom is -0.508 e. The molecule has 5 rings (SSSR count). The van der Waals surface area contributed by atoms with Crippen molar-refractivity contribution in [1.82, 2.24) is 5.32 Å². The maximum absolute atomic E-state index is 13.3. The zero-order valence-corrected chi connectivity index (χ0v) is 26.2. The summed E-state index contributed by atoms with van der Waals surface area (Å²) < 4.78 is 12.0. The van der Waals surface area contributed by atoms with E-state index in [0.717, 1.165) is 63.8 Å². The highest BCUT2D eigenvalue weighted by molar-refractivity contribution is 8.76. The number of phenols is 2. The van der Waals surface area contributed by atoms with Gasteiger partial charge in [-0.15, -0.1) is 0 Å². The molecule has 0 radical (unpaired) electrons. The van der Waals surface area contributed by atoms with Crippen LogP contribution in [0.2, 0.25) is 0 Å². The second kappa shape index (κ2) is 15.4. The van der Waals surface area contributed by atoms with Crippen LogP contribution in [0.4, 0.5) is 0 Å². The molecule has 2 aliphatic rings. The Morgan fingerprint density at radius 3 is 2.57 bits per heavy atom. The lowest BCUT2D eigenvalue weighted by Crippen LogP contribution is -2.35. The Labute approximate surface area is 257 Å². The molecule has 1 saturated carbocycles. The van der Waals surface area contributed by atoms with Crippen molar-refractivity contribution in [3.63, 3.8) is 0 Å². The van der Waals surface area contributed by atoms with Crippen molar-refractivity contribution in [3.8, 4) is 28.4 Å². The van der Waals surface area contributed by atoms with E-state index in [1.165, 1.54) is 32.1 Å². The number of hydrogen-bond donors (Lipinski definition) is 3. The summed E-state index contributed by atoms with van der Waals surface area (Å²) in [5.74, 6) is 2.64. The van der Waals surface area contributed by atoms with Crippen LogP contribution in [0, 0.1) is 0 Å². The molecule has 1 aliphatic heterocycles. The topological polar surface area (TPSA) is 88.0 Å². The third kappa shape index (κ3) is 7.95. The normalized spacial score (nSPS) is 19.7. The standard InChI is InChI=1S/C34H43NO5S2/c1-39-34-32(38)17-13-24-11-15-26(36)19-28(40-22-35-25-7-3-2-4-8-25)9-5-6-18-41-42-21-31-29(33(24)34)16-12-23-10-14-27(37)20-30(23)31/h10,12-14,16-17,20,25,28,35,37-38H,2-9,11,15,18-19,21-22H2,1H3. The molecule has 0 aromatic heterocycles. The number of aryl methyl sites for hydroxylation is 1. The summed E-state index contributed by atoms with van der Waals surface area (Å²) in [6, 6.07) is 13.7. The minimum atomic E-state index is -0.0762. The molecular weight excluding hydrogens is 567 g/mol. The van der Waals surface area contributed by atoms with E-state index >= 15 is 0 Å². The number of fused-ring (bicyclic) bond motifs is 5. The van der Waals surface area contributed by atoms with Crippen LogP contribution in [0.1, 0.15) is 75.3 Å². The van der Waals surface area contributed by atoms with Crippen LogP contribution in [0.3, 0.4) is 0 Å². The van der Waals surface area contributed by atoms with Gasteiger partial charge in [0.15, 0.2) is 11.5 Å². The predicted molar refractivity (Wildman–Crippen MR) is 175 cm³/mol. The van der Waals surface area contributed by atoms with Crippen molar-refractivity contribution in [2.75, 3.05) is 19.6 Å². The molecule has 1 atom stereocenters. The average molecular weight is 610 g/mol. The second-order valence-corrected chi connectivity index (χ2v) is 14.0. The first-order valence-electron chi connectivity index (χ1n) is 15.3. The number of ketones is 1. The number of hydrogen-bond acceptors (Lipinski definition) is 8. The summed E-state index contributed by atoms with van der Waals surface area (Å²) in [7, 11) is 5.23. The third-order valence-electron chi connectivity index (χ3n) is 8.53. The van der Waals surface area contributed by atoms with Gasteiger partial charge < -0.3 is 19.7 Å². The summed E-state index contributed by atoms with van der Waals surface area (Å²) in [5.41, 5.74) is 3.81. The predicted octanol–water partition coefficient (Wildman–Crippen LogP) is 8.15. The highest BCUT2D eigenvalue weighted by atomic mass is 33.1. The van der Waals surface area contributed by atoms with E-state index in [9.17, 15) is 15.0 Å². The first-order valence-corrected chi connectivity index (χ1v) is 17.8. The van der Waals surface area contributed by atoms with Gasteiger partial charge in [-0.2, -0.15) is 0 Å². The number of phenolic OH excluding ortho intramolecular Hbond substituents is 2.